The molecule has 98 valence electrons. The quantitative estimate of drug-likeness (QED) is 0.675. The second kappa shape index (κ2) is 5.35. The zero-order chi connectivity index (χ0) is 13.9. The van der Waals surface area contributed by atoms with Crippen LogP contribution in [0.15, 0.2) is 60.0 Å². The monoisotopic (exact) mass is 283 g/mol. The Hall–Kier alpha value is -2.33. The van der Waals surface area contributed by atoms with Crippen molar-refractivity contribution in [3.63, 3.8) is 0 Å². The highest BCUT2D eigenvalue weighted by Crippen LogP contribution is 2.23. The van der Waals surface area contributed by atoms with Gasteiger partial charge in [-0.25, -0.2) is 9.37 Å². The summed E-state index contributed by atoms with van der Waals surface area (Å²) in [6.45, 7) is 0. The Kier molecular flexibility index (Phi) is 3.39. The van der Waals surface area contributed by atoms with Crippen LogP contribution in [0.3, 0.4) is 0 Å². The number of carbonyl (C=O) groups excluding carboxylic acids is 1. The average molecular weight is 283 g/mol. The van der Waals surface area contributed by atoms with Gasteiger partial charge >= 0.3 is 0 Å². The third kappa shape index (κ3) is 2.51. The van der Waals surface area contributed by atoms with Crippen LogP contribution < -0.4 is 0 Å². The van der Waals surface area contributed by atoms with Crippen molar-refractivity contribution >= 4 is 17.1 Å². The SMILES string of the molecule is O=C(c1ccccc1)c1nc(-c2ccc(F)cc2)cs1. The molecule has 0 spiro atoms. The summed E-state index contributed by atoms with van der Waals surface area (Å²) in [4.78, 5) is 16.6. The summed E-state index contributed by atoms with van der Waals surface area (Å²) < 4.78 is 12.9. The Labute approximate surface area is 119 Å². The number of benzene rings is 2. The number of hydrogen-bond donors (Lipinski definition) is 0. The Morgan fingerprint density at radius 2 is 1.70 bits per heavy atom. The molecular weight excluding hydrogens is 273 g/mol. The third-order valence-electron chi connectivity index (χ3n) is 2.87. The molecule has 0 radical (unpaired) electrons. The van der Waals surface area contributed by atoms with E-state index in [1.165, 1.54) is 23.5 Å². The van der Waals surface area contributed by atoms with Gasteiger partial charge in [-0.05, 0) is 24.3 Å². The van der Waals surface area contributed by atoms with Crippen molar-refractivity contribution in [3.05, 3.63) is 76.4 Å². The molecule has 0 saturated carbocycles. The molecule has 0 aliphatic heterocycles. The molecule has 0 aliphatic carbocycles. The van der Waals surface area contributed by atoms with E-state index in [1.807, 2.05) is 23.6 Å². The minimum absolute atomic E-state index is 0.0936. The lowest BCUT2D eigenvalue weighted by atomic mass is 10.1. The van der Waals surface area contributed by atoms with Crippen LogP contribution in [0.5, 0.6) is 0 Å². The Morgan fingerprint density at radius 3 is 2.40 bits per heavy atom. The first kappa shape index (κ1) is 12.7. The maximum absolute atomic E-state index is 12.9. The van der Waals surface area contributed by atoms with Gasteiger partial charge in [-0.2, -0.15) is 0 Å². The van der Waals surface area contributed by atoms with Gasteiger partial charge in [0.15, 0.2) is 5.01 Å². The number of halogens is 1. The summed E-state index contributed by atoms with van der Waals surface area (Å²) in [5, 5.41) is 2.25. The van der Waals surface area contributed by atoms with Gasteiger partial charge in [-0.1, -0.05) is 30.3 Å². The minimum Gasteiger partial charge on any atom is -0.286 e. The van der Waals surface area contributed by atoms with E-state index >= 15 is 0 Å². The van der Waals surface area contributed by atoms with Crippen molar-refractivity contribution in [2.45, 2.75) is 0 Å². The first-order chi connectivity index (χ1) is 9.74. The van der Waals surface area contributed by atoms with E-state index in [9.17, 15) is 9.18 Å². The number of thiazole rings is 1. The summed E-state index contributed by atoms with van der Waals surface area (Å²) in [5.74, 6) is -0.381. The molecular formula is C16H10FNOS. The second-order valence-electron chi connectivity index (χ2n) is 4.24. The minimum atomic E-state index is -0.287. The van der Waals surface area contributed by atoms with E-state index in [2.05, 4.69) is 4.98 Å². The van der Waals surface area contributed by atoms with Gasteiger partial charge in [0.05, 0.1) is 5.69 Å². The summed E-state index contributed by atoms with van der Waals surface area (Å²) in [7, 11) is 0. The molecule has 3 aromatic rings. The highest BCUT2D eigenvalue weighted by atomic mass is 32.1. The van der Waals surface area contributed by atoms with E-state index in [0.29, 0.717) is 16.3 Å². The fourth-order valence-electron chi connectivity index (χ4n) is 1.84. The molecule has 4 heteroatoms. The zero-order valence-corrected chi connectivity index (χ0v) is 11.2. The van der Waals surface area contributed by atoms with Gasteiger partial charge in [0.2, 0.25) is 5.78 Å². The van der Waals surface area contributed by atoms with Crippen LogP contribution in [0.25, 0.3) is 11.3 Å². The van der Waals surface area contributed by atoms with Gasteiger partial charge in [-0.3, -0.25) is 4.79 Å². The highest BCUT2D eigenvalue weighted by molar-refractivity contribution is 7.12. The predicted octanol–water partition coefficient (Wildman–Crippen LogP) is 4.18. The van der Waals surface area contributed by atoms with Crippen LogP contribution in [0.4, 0.5) is 4.39 Å². The molecule has 0 saturated heterocycles. The second-order valence-corrected chi connectivity index (χ2v) is 5.10. The van der Waals surface area contributed by atoms with E-state index in [1.54, 1.807) is 24.3 Å². The summed E-state index contributed by atoms with van der Waals surface area (Å²) in [5.41, 5.74) is 2.11. The molecule has 0 fully saturated rings. The van der Waals surface area contributed by atoms with Gasteiger partial charge < -0.3 is 0 Å². The molecule has 2 aromatic carbocycles. The number of carbonyl (C=O) groups is 1. The number of rotatable bonds is 3. The Bertz CT molecular complexity index is 735. The van der Waals surface area contributed by atoms with Gasteiger partial charge in [-0.15, -0.1) is 11.3 Å². The summed E-state index contributed by atoms with van der Waals surface area (Å²) in [6.07, 6.45) is 0. The van der Waals surface area contributed by atoms with Crippen molar-refractivity contribution in [3.8, 4) is 11.3 Å². The van der Waals surface area contributed by atoms with E-state index in [0.717, 1.165) is 5.56 Å². The lowest BCUT2D eigenvalue weighted by Gasteiger charge is -1.97. The van der Waals surface area contributed by atoms with Crippen LogP contribution in [0.2, 0.25) is 0 Å². The number of hydrogen-bond acceptors (Lipinski definition) is 3. The van der Waals surface area contributed by atoms with Crippen LogP contribution in [-0.4, -0.2) is 10.8 Å². The Morgan fingerprint density at radius 1 is 1.00 bits per heavy atom. The average Bonchev–Trinajstić information content (AvgIpc) is 2.98. The van der Waals surface area contributed by atoms with Crippen LogP contribution in [0, 0.1) is 5.82 Å². The molecule has 1 heterocycles. The highest BCUT2D eigenvalue weighted by Gasteiger charge is 2.13. The van der Waals surface area contributed by atoms with E-state index < -0.39 is 0 Å². The molecule has 0 aliphatic rings. The maximum atomic E-state index is 12.9. The topological polar surface area (TPSA) is 30.0 Å². The molecule has 3 rings (SSSR count). The molecule has 0 unspecified atom stereocenters. The lowest BCUT2D eigenvalue weighted by Crippen LogP contribution is -1.99. The third-order valence-corrected chi connectivity index (χ3v) is 3.72. The number of ketones is 1. The molecule has 0 bridgehead atoms. The first-order valence-corrected chi connectivity index (χ1v) is 6.93. The fraction of sp³-hybridized carbons (Fsp3) is 0. The Balaban J connectivity index is 1.91. The van der Waals surface area contributed by atoms with Crippen molar-refractivity contribution in [2.24, 2.45) is 0 Å². The summed E-state index contributed by atoms with van der Waals surface area (Å²) >= 11 is 1.30. The normalized spacial score (nSPS) is 10.4. The standard InChI is InChI=1S/C16H10FNOS/c17-13-8-6-11(7-9-13)14-10-20-16(18-14)15(19)12-4-2-1-3-5-12/h1-10H. The van der Waals surface area contributed by atoms with Crippen molar-refractivity contribution < 1.29 is 9.18 Å². The number of aromatic nitrogens is 1. The fourth-order valence-corrected chi connectivity index (χ4v) is 2.63. The molecule has 0 atom stereocenters. The van der Waals surface area contributed by atoms with Crippen LogP contribution in [-0.2, 0) is 0 Å². The molecule has 20 heavy (non-hydrogen) atoms. The number of nitrogens with zero attached hydrogens (tertiary/aromatic N) is 1. The molecule has 0 amide bonds. The van der Waals surface area contributed by atoms with Crippen molar-refractivity contribution in [1.29, 1.82) is 0 Å². The van der Waals surface area contributed by atoms with Crippen molar-refractivity contribution in [2.75, 3.05) is 0 Å². The van der Waals surface area contributed by atoms with E-state index in [-0.39, 0.29) is 11.6 Å². The van der Waals surface area contributed by atoms with E-state index in [4.69, 9.17) is 0 Å². The predicted molar refractivity (Wildman–Crippen MR) is 77.4 cm³/mol. The van der Waals surface area contributed by atoms with Crippen molar-refractivity contribution in [1.82, 2.24) is 4.98 Å². The molecule has 1 aromatic heterocycles. The van der Waals surface area contributed by atoms with Crippen LogP contribution >= 0.6 is 11.3 Å². The smallest absolute Gasteiger partial charge is 0.221 e. The lowest BCUT2D eigenvalue weighted by molar-refractivity contribution is 0.103. The maximum Gasteiger partial charge on any atom is 0.221 e. The van der Waals surface area contributed by atoms with Gasteiger partial charge in [0.1, 0.15) is 5.82 Å². The molecule has 0 N–H and O–H groups in total. The molecule has 2 nitrogen and oxygen atoms in total. The van der Waals surface area contributed by atoms with Gasteiger partial charge in [0.25, 0.3) is 0 Å². The van der Waals surface area contributed by atoms with Crippen LogP contribution in [0.1, 0.15) is 15.4 Å². The summed E-state index contributed by atoms with van der Waals surface area (Å²) in [6, 6.07) is 15.1. The zero-order valence-electron chi connectivity index (χ0n) is 10.4. The largest absolute Gasteiger partial charge is 0.286 e. The first-order valence-electron chi connectivity index (χ1n) is 6.05. The van der Waals surface area contributed by atoms with Gasteiger partial charge in [0, 0.05) is 16.5 Å².